The normalized spacial score (nSPS) is 12.9. The van der Waals surface area contributed by atoms with E-state index in [-0.39, 0.29) is 29.8 Å². The van der Waals surface area contributed by atoms with Crippen molar-refractivity contribution in [2.24, 2.45) is 0 Å². The van der Waals surface area contributed by atoms with Crippen molar-refractivity contribution >= 4 is 40.5 Å². The van der Waals surface area contributed by atoms with Crippen molar-refractivity contribution in [3.8, 4) is 0 Å². The van der Waals surface area contributed by atoms with Crippen molar-refractivity contribution in [1.29, 1.82) is 0 Å². The summed E-state index contributed by atoms with van der Waals surface area (Å²) in [7, 11) is 0. The number of rotatable bonds is 6. The fourth-order valence-corrected chi connectivity index (χ4v) is 3.67. The van der Waals surface area contributed by atoms with Gasteiger partial charge in [0.15, 0.2) is 0 Å². The molecule has 3 rings (SSSR count). The van der Waals surface area contributed by atoms with Gasteiger partial charge in [-0.2, -0.15) is 0 Å². The third-order valence-electron chi connectivity index (χ3n) is 4.94. The Morgan fingerprint density at radius 3 is 2.53 bits per heavy atom. The summed E-state index contributed by atoms with van der Waals surface area (Å²) in [6, 6.07) is 12.4. The molecular weight excluding hydrogens is 421 g/mol. The Balaban J connectivity index is 0.00000320. The fourth-order valence-electron chi connectivity index (χ4n) is 3.50. The molecule has 1 heterocycles. The molecular formula is C23H29Cl2N3O2. The Labute approximate surface area is 189 Å². The first-order valence-electron chi connectivity index (χ1n) is 10.1. The number of benzene rings is 2. The Kier molecular flexibility index (Phi) is 8.30. The first-order chi connectivity index (χ1) is 13.8. The van der Waals surface area contributed by atoms with E-state index in [0.717, 1.165) is 25.8 Å². The van der Waals surface area contributed by atoms with Crippen molar-refractivity contribution < 1.29 is 27.3 Å². The Hall–Kier alpha value is -2.08. The largest absolute Gasteiger partial charge is 1.00 e. The number of carbonyl (C=O) groups excluding carboxylic acids is 2. The van der Waals surface area contributed by atoms with Crippen molar-refractivity contribution in [3.05, 3.63) is 53.1 Å². The number of anilines is 3. The van der Waals surface area contributed by atoms with Gasteiger partial charge in [-0.15, -0.1) is 0 Å². The van der Waals surface area contributed by atoms with Crippen molar-refractivity contribution in [1.82, 2.24) is 0 Å². The van der Waals surface area contributed by atoms with Gasteiger partial charge in [0, 0.05) is 11.4 Å². The van der Waals surface area contributed by atoms with Gasteiger partial charge in [-0.05, 0) is 70.4 Å². The highest BCUT2D eigenvalue weighted by atomic mass is 35.5. The quantitative estimate of drug-likeness (QED) is 0.656. The number of para-hydroxylation sites is 1. The van der Waals surface area contributed by atoms with Crippen LogP contribution in [0.2, 0.25) is 5.02 Å². The van der Waals surface area contributed by atoms with Crippen LogP contribution in [-0.4, -0.2) is 23.9 Å². The topological polar surface area (TPSA) is 66.0 Å². The lowest BCUT2D eigenvalue weighted by Crippen LogP contribution is -3.00. The molecule has 0 atom stereocenters. The molecule has 0 saturated heterocycles. The summed E-state index contributed by atoms with van der Waals surface area (Å²) in [6.45, 7) is 7.66. The number of quaternary nitrogens is 1. The van der Waals surface area contributed by atoms with Gasteiger partial charge in [-0.25, -0.2) is 0 Å². The molecule has 1 aliphatic heterocycles. The average molecular weight is 450 g/mol. The van der Waals surface area contributed by atoms with E-state index < -0.39 is 0 Å². The summed E-state index contributed by atoms with van der Waals surface area (Å²) in [6.07, 6.45) is 3.33. The smallest absolute Gasteiger partial charge is 0.257 e. The number of hydrogen-bond donors (Lipinski definition) is 2. The van der Waals surface area contributed by atoms with Crippen LogP contribution < -0.4 is 27.9 Å². The third kappa shape index (κ3) is 5.97. The number of hydrogen-bond acceptors (Lipinski definition) is 2. The number of halogens is 2. The summed E-state index contributed by atoms with van der Waals surface area (Å²) in [5.41, 5.74) is 2.52. The van der Waals surface area contributed by atoms with E-state index in [2.05, 4.69) is 31.4 Å². The Morgan fingerprint density at radius 1 is 1.07 bits per heavy atom. The number of nitrogens with two attached hydrogens (primary N) is 1. The highest BCUT2D eigenvalue weighted by Crippen LogP contribution is 2.39. The predicted octanol–water partition coefficient (Wildman–Crippen LogP) is 1.50. The molecule has 0 bridgehead atoms. The molecule has 0 fully saturated rings. The molecule has 0 aliphatic carbocycles. The zero-order valence-electron chi connectivity index (χ0n) is 17.7. The van der Waals surface area contributed by atoms with E-state index >= 15 is 0 Å². The number of fused-ring (bicyclic) bond motifs is 2. The van der Waals surface area contributed by atoms with E-state index in [1.807, 2.05) is 12.1 Å². The SMILES string of the molecule is CC(C)(C)[NH2+]CCCCCC(=O)N1c2ccc(Cl)cc2NC(=O)c2ccccc21.[Cl-]. The van der Waals surface area contributed by atoms with E-state index in [1.165, 1.54) is 0 Å². The molecule has 0 spiro atoms. The second kappa shape index (κ2) is 10.3. The molecule has 2 aromatic carbocycles. The maximum Gasteiger partial charge on any atom is 0.257 e. The van der Waals surface area contributed by atoms with Crippen molar-refractivity contribution in [3.63, 3.8) is 0 Å². The van der Waals surface area contributed by atoms with Crippen LogP contribution >= 0.6 is 11.6 Å². The maximum absolute atomic E-state index is 13.2. The van der Waals surface area contributed by atoms with E-state index in [4.69, 9.17) is 11.6 Å². The summed E-state index contributed by atoms with van der Waals surface area (Å²) >= 11 is 6.12. The zero-order valence-corrected chi connectivity index (χ0v) is 19.2. The van der Waals surface area contributed by atoms with Crippen LogP contribution in [0.3, 0.4) is 0 Å². The Bertz CT molecular complexity index is 910. The average Bonchev–Trinajstić information content (AvgIpc) is 2.77. The number of unbranched alkanes of at least 4 members (excludes halogenated alkanes) is 2. The molecule has 3 N–H and O–H groups in total. The maximum atomic E-state index is 13.2. The van der Waals surface area contributed by atoms with Crippen LogP contribution in [0, 0.1) is 0 Å². The van der Waals surface area contributed by atoms with Gasteiger partial charge >= 0.3 is 0 Å². The predicted molar refractivity (Wildman–Crippen MR) is 118 cm³/mol. The van der Waals surface area contributed by atoms with Crippen molar-refractivity contribution in [2.75, 3.05) is 16.8 Å². The molecule has 1 aliphatic rings. The van der Waals surface area contributed by atoms with Crippen LogP contribution in [0.5, 0.6) is 0 Å². The molecule has 0 saturated carbocycles. The monoisotopic (exact) mass is 449 g/mol. The fraction of sp³-hybridized carbons (Fsp3) is 0.391. The summed E-state index contributed by atoms with van der Waals surface area (Å²) < 4.78 is 0. The van der Waals surface area contributed by atoms with Gasteiger partial charge in [-0.3, -0.25) is 14.5 Å². The second-order valence-corrected chi connectivity index (χ2v) is 8.97. The minimum absolute atomic E-state index is 0. The van der Waals surface area contributed by atoms with E-state index in [9.17, 15) is 9.59 Å². The van der Waals surface area contributed by atoms with Crippen LogP contribution in [-0.2, 0) is 4.79 Å². The third-order valence-corrected chi connectivity index (χ3v) is 5.17. The van der Waals surface area contributed by atoms with E-state index in [1.54, 1.807) is 35.2 Å². The lowest BCUT2D eigenvalue weighted by molar-refractivity contribution is -0.717. The van der Waals surface area contributed by atoms with Gasteiger partial charge in [0.1, 0.15) is 0 Å². The molecule has 0 radical (unpaired) electrons. The van der Waals surface area contributed by atoms with Gasteiger partial charge in [-0.1, -0.05) is 23.7 Å². The highest BCUT2D eigenvalue weighted by molar-refractivity contribution is 6.31. The lowest BCUT2D eigenvalue weighted by Gasteiger charge is -2.24. The molecule has 0 aromatic heterocycles. The minimum Gasteiger partial charge on any atom is -1.00 e. The molecule has 2 aromatic rings. The molecule has 7 heteroatoms. The second-order valence-electron chi connectivity index (χ2n) is 8.53. The van der Waals surface area contributed by atoms with Crippen LogP contribution in [0.4, 0.5) is 17.1 Å². The van der Waals surface area contributed by atoms with Crippen LogP contribution in [0.15, 0.2) is 42.5 Å². The highest BCUT2D eigenvalue weighted by Gasteiger charge is 2.29. The Morgan fingerprint density at radius 2 is 1.80 bits per heavy atom. The van der Waals surface area contributed by atoms with Crippen molar-refractivity contribution in [2.45, 2.75) is 52.0 Å². The number of carbonyl (C=O) groups is 2. The molecule has 0 unspecified atom stereocenters. The zero-order chi connectivity index (χ0) is 21.0. The van der Waals surface area contributed by atoms with Crippen LogP contribution in [0.1, 0.15) is 56.8 Å². The van der Waals surface area contributed by atoms with Gasteiger partial charge in [0.05, 0.1) is 34.7 Å². The molecule has 2 amide bonds. The molecule has 5 nitrogen and oxygen atoms in total. The molecule has 162 valence electrons. The van der Waals surface area contributed by atoms with E-state index in [0.29, 0.717) is 34.1 Å². The number of amides is 2. The minimum atomic E-state index is -0.239. The van der Waals surface area contributed by atoms with Gasteiger partial charge in [0.2, 0.25) is 5.91 Å². The van der Waals surface area contributed by atoms with Crippen LogP contribution in [0.25, 0.3) is 0 Å². The standard InChI is InChI=1S/C23H28ClN3O2.ClH/c1-23(2,3)25-14-8-4-5-11-21(28)27-19-10-7-6-9-17(19)22(29)26-18-15-16(24)12-13-20(18)27;/h6-7,9-10,12-13,15,25H,4-5,8,11,14H2,1-3H3,(H,26,29);1H. The van der Waals surface area contributed by atoms with Gasteiger partial charge in [0.25, 0.3) is 5.91 Å². The first kappa shape index (κ1) is 24.2. The first-order valence-corrected chi connectivity index (χ1v) is 10.5. The number of nitrogens with zero attached hydrogens (tertiary/aromatic N) is 1. The van der Waals surface area contributed by atoms with Gasteiger partial charge < -0.3 is 23.0 Å². The molecule has 30 heavy (non-hydrogen) atoms. The lowest BCUT2D eigenvalue weighted by atomic mass is 10.1. The summed E-state index contributed by atoms with van der Waals surface area (Å²) in [5.74, 6) is -0.255. The summed E-state index contributed by atoms with van der Waals surface area (Å²) in [5, 5.41) is 5.72. The number of nitrogens with one attached hydrogen (secondary N) is 1. The summed E-state index contributed by atoms with van der Waals surface area (Å²) in [4.78, 5) is 27.5.